The number of hydrogen-bond donors (Lipinski definition) is 2. The number of rotatable bonds is 5. The fraction of sp³-hybridized carbons (Fsp3) is 0.500. The number of thiazole rings is 1. The SMILES string of the molecule is CNCC(C)c1nc(C(=O)O)c(C(C)=O)s1. The maximum Gasteiger partial charge on any atom is 0.356 e. The molecule has 2 N–H and O–H groups in total. The molecule has 1 atom stereocenters. The molecular weight excluding hydrogens is 228 g/mol. The first-order valence-electron chi connectivity index (χ1n) is 4.87. The van der Waals surface area contributed by atoms with E-state index in [-0.39, 0.29) is 22.3 Å². The normalized spacial score (nSPS) is 12.4. The lowest BCUT2D eigenvalue weighted by Gasteiger charge is -2.05. The second-order valence-corrected chi connectivity index (χ2v) is 4.58. The van der Waals surface area contributed by atoms with Crippen molar-refractivity contribution < 1.29 is 14.7 Å². The third-order valence-electron chi connectivity index (χ3n) is 2.10. The molecule has 1 heterocycles. The van der Waals surface area contributed by atoms with E-state index < -0.39 is 5.97 Å². The largest absolute Gasteiger partial charge is 0.476 e. The molecule has 0 aromatic carbocycles. The molecule has 88 valence electrons. The fourth-order valence-electron chi connectivity index (χ4n) is 1.32. The summed E-state index contributed by atoms with van der Waals surface area (Å²) in [6, 6.07) is 0. The first-order valence-corrected chi connectivity index (χ1v) is 5.68. The average molecular weight is 242 g/mol. The van der Waals surface area contributed by atoms with Gasteiger partial charge in [0.15, 0.2) is 11.5 Å². The maximum absolute atomic E-state index is 11.3. The van der Waals surface area contributed by atoms with Crippen LogP contribution in [0.4, 0.5) is 0 Å². The van der Waals surface area contributed by atoms with Crippen LogP contribution in [0.2, 0.25) is 0 Å². The van der Waals surface area contributed by atoms with E-state index in [1.807, 2.05) is 14.0 Å². The Morgan fingerprint density at radius 3 is 2.56 bits per heavy atom. The van der Waals surface area contributed by atoms with E-state index in [4.69, 9.17) is 5.11 Å². The zero-order valence-corrected chi connectivity index (χ0v) is 10.2. The first kappa shape index (κ1) is 12.8. The Balaban J connectivity index is 3.11. The lowest BCUT2D eigenvalue weighted by Crippen LogP contribution is -2.14. The van der Waals surface area contributed by atoms with Crippen LogP contribution in [0.15, 0.2) is 0 Å². The van der Waals surface area contributed by atoms with Crippen LogP contribution in [0.1, 0.15) is 44.9 Å². The molecule has 1 aromatic rings. The summed E-state index contributed by atoms with van der Waals surface area (Å²) in [5.74, 6) is -1.30. The lowest BCUT2D eigenvalue weighted by molar-refractivity contribution is 0.0686. The Kier molecular flexibility index (Phi) is 4.14. The number of aromatic nitrogens is 1. The van der Waals surface area contributed by atoms with Crippen molar-refractivity contribution in [2.75, 3.05) is 13.6 Å². The second-order valence-electron chi connectivity index (χ2n) is 3.55. The molecule has 5 nitrogen and oxygen atoms in total. The third kappa shape index (κ3) is 2.65. The Labute approximate surface area is 97.5 Å². The molecule has 0 fully saturated rings. The van der Waals surface area contributed by atoms with E-state index in [1.165, 1.54) is 6.92 Å². The van der Waals surface area contributed by atoms with Gasteiger partial charge in [0.2, 0.25) is 0 Å². The van der Waals surface area contributed by atoms with Gasteiger partial charge in [0.1, 0.15) is 4.88 Å². The Morgan fingerprint density at radius 1 is 1.56 bits per heavy atom. The molecule has 16 heavy (non-hydrogen) atoms. The molecule has 6 heteroatoms. The number of likely N-dealkylation sites (N-methyl/N-ethyl adjacent to an activating group) is 1. The van der Waals surface area contributed by atoms with Gasteiger partial charge in [-0.05, 0) is 7.05 Å². The van der Waals surface area contributed by atoms with Gasteiger partial charge >= 0.3 is 5.97 Å². The summed E-state index contributed by atoms with van der Waals surface area (Å²) in [6.45, 7) is 3.99. The van der Waals surface area contributed by atoms with E-state index in [0.29, 0.717) is 11.6 Å². The Morgan fingerprint density at radius 2 is 2.19 bits per heavy atom. The molecule has 0 bridgehead atoms. The van der Waals surface area contributed by atoms with Crippen molar-refractivity contribution in [3.63, 3.8) is 0 Å². The van der Waals surface area contributed by atoms with Gasteiger partial charge in [-0.1, -0.05) is 6.92 Å². The van der Waals surface area contributed by atoms with Gasteiger partial charge in [0.05, 0.1) is 5.01 Å². The van der Waals surface area contributed by atoms with E-state index in [0.717, 1.165) is 11.3 Å². The molecule has 0 aliphatic heterocycles. The first-order chi connectivity index (χ1) is 7.47. The van der Waals surface area contributed by atoms with Crippen molar-refractivity contribution in [2.24, 2.45) is 0 Å². The number of hydrogen-bond acceptors (Lipinski definition) is 5. The summed E-state index contributed by atoms with van der Waals surface area (Å²) < 4.78 is 0. The number of ketones is 1. The van der Waals surface area contributed by atoms with E-state index in [2.05, 4.69) is 10.3 Å². The highest BCUT2D eigenvalue weighted by molar-refractivity contribution is 7.14. The molecule has 0 aliphatic carbocycles. The number of Topliss-reactive ketones (excluding diaryl/α,β-unsaturated/α-hetero) is 1. The van der Waals surface area contributed by atoms with E-state index >= 15 is 0 Å². The molecule has 0 radical (unpaired) electrons. The minimum atomic E-state index is -1.15. The van der Waals surface area contributed by atoms with Crippen molar-refractivity contribution in [1.29, 1.82) is 0 Å². The number of carbonyl (C=O) groups is 2. The Hall–Kier alpha value is -1.27. The van der Waals surface area contributed by atoms with Gasteiger partial charge in [-0.3, -0.25) is 4.79 Å². The number of aromatic carboxylic acids is 1. The van der Waals surface area contributed by atoms with Crippen LogP contribution in [0, 0.1) is 0 Å². The van der Waals surface area contributed by atoms with Crippen molar-refractivity contribution >= 4 is 23.1 Å². The predicted molar refractivity (Wildman–Crippen MR) is 61.4 cm³/mol. The number of carboxylic acids is 1. The number of nitrogens with one attached hydrogen (secondary N) is 1. The van der Waals surface area contributed by atoms with E-state index in [9.17, 15) is 9.59 Å². The quantitative estimate of drug-likeness (QED) is 0.762. The maximum atomic E-state index is 11.3. The molecule has 0 spiro atoms. The molecule has 0 saturated carbocycles. The van der Waals surface area contributed by atoms with Gasteiger partial charge in [0, 0.05) is 19.4 Å². The van der Waals surface area contributed by atoms with Crippen molar-refractivity contribution in [2.45, 2.75) is 19.8 Å². The van der Waals surface area contributed by atoms with Gasteiger partial charge < -0.3 is 10.4 Å². The molecule has 0 amide bonds. The van der Waals surface area contributed by atoms with Gasteiger partial charge in [0.25, 0.3) is 0 Å². The van der Waals surface area contributed by atoms with Crippen LogP contribution in [0.5, 0.6) is 0 Å². The Bertz CT molecular complexity index is 383. The average Bonchev–Trinajstić information content (AvgIpc) is 2.62. The minimum absolute atomic E-state index is 0.0983. The molecule has 1 rings (SSSR count). The highest BCUT2D eigenvalue weighted by atomic mass is 32.1. The smallest absolute Gasteiger partial charge is 0.356 e. The summed E-state index contributed by atoms with van der Waals surface area (Å²) in [5.41, 5.74) is -0.129. The summed E-state index contributed by atoms with van der Waals surface area (Å²) in [5, 5.41) is 12.6. The molecule has 1 aromatic heterocycles. The molecule has 0 aliphatic rings. The van der Waals surface area contributed by atoms with Crippen molar-refractivity contribution in [3.05, 3.63) is 15.6 Å². The van der Waals surface area contributed by atoms with Crippen molar-refractivity contribution in [3.8, 4) is 0 Å². The van der Waals surface area contributed by atoms with Gasteiger partial charge in [-0.25, -0.2) is 9.78 Å². The summed E-state index contributed by atoms with van der Waals surface area (Å²) >= 11 is 1.16. The second kappa shape index (κ2) is 5.18. The highest BCUT2D eigenvalue weighted by Gasteiger charge is 2.22. The lowest BCUT2D eigenvalue weighted by atomic mass is 10.2. The fourth-order valence-corrected chi connectivity index (χ4v) is 2.33. The number of carboxylic acid groups (broad SMARTS) is 1. The van der Waals surface area contributed by atoms with Crippen LogP contribution in [0.25, 0.3) is 0 Å². The van der Waals surface area contributed by atoms with Crippen LogP contribution in [0.3, 0.4) is 0 Å². The zero-order valence-electron chi connectivity index (χ0n) is 9.40. The molecular formula is C10H14N2O3S. The summed E-state index contributed by atoms with van der Waals surface area (Å²) in [4.78, 5) is 26.4. The topological polar surface area (TPSA) is 79.3 Å². The van der Waals surface area contributed by atoms with Crippen LogP contribution in [-0.4, -0.2) is 35.4 Å². The number of carbonyl (C=O) groups excluding carboxylic acids is 1. The highest BCUT2D eigenvalue weighted by Crippen LogP contribution is 2.25. The van der Waals surface area contributed by atoms with E-state index in [1.54, 1.807) is 0 Å². The third-order valence-corrected chi connectivity index (χ3v) is 3.49. The zero-order chi connectivity index (χ0) is 12.3. The standard InChI is InChI=1S/C10H14N2O3S/c1-5(4-11-3)9-12-7(10(14)15)8(16-9)6(2)13/h5,11H,4H2,1-3H3,(H,14,15). The van der Waals surface area contributed by atoms with Crippen molar-refractivity contribution in [1.82, 2.24) is 10.3 Å². The van der Waals surface area contributed by atoms with Crippen LogP contribution >= 0.6 is 11.3 Å². The van der Waals surface area contributed by atoms with Gasteiger partial charge in [-0.15, -0.1) is 11.3 Å². The number of nitrogens with zero attached hydrogens (tertiary/aromatic N) is 1. The van der Waals surface area contributed by atoms with Crippen LogP contribution < -0.4 is 5.32 Å². The monoisotopic (exact) mass is 242 g/mol. The molecule has 1 unspecified atom stereocenters. The summed E-state index contributed by atoms with van der Waals surface area (Å²) in [6.07, 6.45) is 0. The van der Waals surface area contributed by atoms with Gasteiger partial charge in [-0.2, -0.15) is 0 Å². The minimum Gasteiger partial charge on any atom is -0.476 e. The predicted octanol–water partition coefficient (Wildman–Crippen LogP) is 1.37. The molecule has 0 saturated heterocycles. The van der Waals surface area contributed by atoms with Crippen LogP contribution in [-0.2, 0) is 0 Å². The summed E-state index contributed by atoms with van der Waals surface area (Å²) in [7, 11) is 1.81.